The Bertz CT molecular complexity index is 440. The molecule has 1 unspecified atom stereocenters. The maximum atomic E-state index is 10.7. The third kappa shape index (κ3) is 0.990. The lowest BCUT2D eigenvalue weighted by Gasteiger charge is -1.92. The first kappa shape index (κ1) is 7.32. The molecule has 2 heterocycles. The van der Waals surface area contributed by atoms with E-state index in [0.717, 1.165) is 0 Å². The monoisotopic (exact) mass is 184 g/mol. The minimum absolute atomic E-state index is 0.0532. The standard InChI is InChI=1S/C5H4N4O2S/c10-12(11)5-3-4(7-1-6-3)8-2-9-5/h1-2H,(H,10,11)(H,6,7,8,9). The molecule has 0 bridgehead atoms. The van der Waals surface area contributed by atoms with E-state index in [2.05, 4.69) is 19.9 Å². The highest BCUT2D eigenvalue weighted by molar-refractivity contribution is 7.79. The number of nitrogens with zero attached hydrogens (tertiary/aromatic N) is 3. The number of hydrogen-bond acceptors (Lipinski definition) is 4. The molecule has 0 aromatic carbocycles. The lowest BCUT2D eigenvalue weighted by Crippen LogP contribution is -1.95. The Hall–Kier alpha value is -1.34. The summed E-state index contributed by atoms with van der Waals surface area (Å²) in [6.45, 7) is 0. The summed E-state index contributed by atoms with van der Waals surface area (Å²) < 4.78 is 19.5. The number of aromatic amines is 1. The first-order valence-corrected chi connectivity index (χ1v) is 4.14. The van der Waals surface area contributed by atoms with Gasteiger partial charge in [-0.15, -0.1) is 0 Å². The van der Waals surface area contributed by atoms with Gasteiger partial charge in [-0.1, -0.05) is 0 Å². The summed E-state index contributed by atoms with van der Waals surface area (Å²) in [6, 6.07) is 0. The van der Waals surface area contributed by atoms with Crippen molar-refractivity contribution in [1.29, 1.82) is 0 Å². The summed E-state index contributed by atoms with van der Waals surface area (Å²) in [5.74, 6) is 0. The largest absolute Gasteiger partial charge is 0.341 e. The van der Waals surface area contributed by atoms with Gasteiger partial charge in [-0.25, -0.2) is 19.2 Å². The Labute approximate surface area is 69.4 Å². The predicted octanol–water partition coefficient (Wildman–Crippen LogP) is -0.0665. The zero-order valence-corrected chi connectivity index (χ0v) is 6.58. The fraction of sp³-hybridized carbons (Fsp3) is 0. The van der Waals surface area contributed by atoms with Crippen molar-refractivity contribution in [2.75, 3.05) is 0 Å². The third-order valence-corrected chi connectivity index (χ3v) is 1.99. The van der Waals surface area contributed by atoms with Crippen LogP contribution in [0.4, 0.5) is 0 Å². The minimum Gasteiger partial charge on any atom is -0.341 e. The number of rotatable bonds is 1. The van der Waals surface area contributed by atoms with Crippen LogP contribution in [-0.4, -0.2) is 28.7 Å². The first-order chi connectivity index (χ1) is 5.79. The molecule has 0 radical (unpaired) electrons. The number of H-pyrrole nitrogens is 1. The van der Waals surface area contributed by atoms with Crippen LogP contribution < -0.4 is 0 Å². The van der Waals surface area contributed by atoms with Gasteiger partial charge < -0.3 is 9.54 Å². The number of hydrogen-bond donors (Lipinski definition) is 2. The molecule has 0 fully saturated rings. The van der Waals surface area contributed by atoms with Crippen molar-refractivity contribution in [3.05, 3.63) is 12.7 Å². The van der Waals surface area contributed by atoms with Crippen LogP contribution in [0.25, 0.3) is 11.2 Å². The Morgan fingerprint density at radius 1 is 1.42 bits per heavy atom. The van der Waals surface area contributed by atoms with Gasteiger partial charge in [0.2, 0.25) is 11.1 Å². The summed E-state index contributed by atoms with van der Waals surface area (Å²) >= 11 is -2.10. The molecule has 0 aliphatic rings. The Kier molecular flexibility index (Phi) is 1.59. The van der Waals surface area contributed by atoms with Gasteiger partial charge in [0.25, 0.3) is 0 Å². The summed E-state index contributed by atoms with van der Waals surface area (Å²) in [6.07, 6.45) is 2.60. The van der Waals surface area contributed by atoms with Gasteiger partial charge in [-0.3, -0.25) is 0 Å². The Morgan fingerprint density at radius 3 is 3.00 bits per heavy atom. The zero-order chi connectivity index (χ0) is 8.55. The summed E-state index contributed by atoms with van der Waals surface area (Å²) in [7, 11) is 0. The van der Waals surface area contributed by atoms with Crippen molar-refractivity contribution >= 4 is 22.2 Å². The zero-order valence-electron chi connectivity index (χ0n) is 5.76. The molecule has 0 aliphatic carbocycles. The van der Waals surface area contributed by atoms with Crippen molar-refractivity contribution in [3.8, 4) is 0 Å². The second-order valence-corrected chi connectivity index (χ2v) is 2.91. The Balaban J connectivity index is 2.82. The van der Waals surface area contributed by atoms with Gasteiger partial charge in [0.15, 0.2) is 10.7 Å². The van der Waals surface area contributed by atoms with Crippen LogP contribution in [0, 0.1) is 0 Å². The molecule has 7 heteroatoms. The van der Waals surface area contributed by atoms with Crippen molar-refractivity contribution in [2.24, 2.45) is 0 Å². The van der Waals surface area contributed by atoms with Crippen LogP contribution in [0.1, 0.15) is 0 Å². The second kappa shape index (κ2) is 2.61. The van der Waals surface area contributed by atoms with Gasteiger partial charge in [0.05, 0.1) is 6.33 Å². The van der Waals surface area contributed by atoms with E-state index in [9.17, 15) is 4.21 Å². The van der Waals surface area contributed by atoms with Crippen molar-refractivity contribution in [1.82, 2.24) is 19.9 Å². The van der Waals surface area contributed by atoms with E-state index in [0.29, 0.717) is 11.2 Å². The predicted molar refractivity (Wildman–Crippen MR) is 40.7 cm³/mol. The first-order valence-electron chi connectivity index (χ1n) is 3.04. The molecule has 12 heavy (non-hydrogen) atoms. The summed E-state index contributed by atoms with van der Waals surface area (Å²) in [5, 5.41) is 0.0532. The maximum Gasteiger partial charge on any atom is 0.208 e. The molecule has 2 rings (SSSR count). The molecule has 0 aliphatic heterocycles. The van der Waals surface area contributed by atoms with Gasteiger partial charge in [-0.2, -0.15) is 0 Å². The molecular formula is C5H4N4O2S. The smallest absolute Gasteiger partial charge is 0.208 e. The molecular weight excluding hydrogens is 180 g/mol. The van der Waals surface area contributed by atoms with E-state index in [1.165, 1.54) is 12.7 Å². The maximum absolute atomic E-state index is 10.7. The number of nitrogens with one attached hydrogen (secondary N) is 1. The molecule has 2 aromatic heterocycles. The molecule has 0 saturated heterocycles. The fourth-order valence-electron chi connectivity index (χ4n) is 0.875. The van der Waals surface area contributed by atoms with Gasteiger partial charge in [0, 0.05) is 0 Å². The van der Waals surface area contributed by atoms with E-state index >= 15 is 0 Å². The van der Waals surface area contributed by atoms with Crippen molar-refractivity contribution in [3.63, 3.8) is 0 Å². The SMILES string of the molecule is O=S(O)c1ncnc2nc[nH]c12. The lowest BCUT2D eigenvalue weighted by atomic mass is 10.6. The topological polar surface area (TPSA) is 91.8 Å². The van der Waals surface area contributed by atoms with Crippen LogP contribution in [0.3, 0.4) is 0 Å². The molecule has 62 valence electrons. The molecule has 2 N–H and O–H groups in total. The highest BCUT2D eigenvalue weighted by Crippen LogP contribution is 2.11. The second-order valence-electron chi connectivity index (χ2n) is 2.03. The average molecular weight is 184 g/mol. The van der Waals surface area contributed by atoms with Crippen molar-refractivity contribution < 1.29 is 8.76 Å². The molecule has 0 amide bonds. The van der Waals surface area contributed by atoms with E-state index in [-0.39, 0.29) is 5.03 Å². The van der Waals surface area contributed by atoms with Crippen LogP contribution in [0.5, 0.6) is 0 Å². The van der Waals surface area contributed by atoms with E-state index in [1.54, 1.807) is 0 Å². The lowest BCUT2D eigenvalue weighted by molar-refractivity contribution is 0.561. The highest BCUT2D eigenvalue weighted by atomic mass is 32.2. The number of aromatic nitrogens is 4. The molecule has 0 spiro atoms. The van der Waals surface area contributed by atoms with E-state index < -0.39 is 11.1 Å². The summed E-state index contributed by atoms with van der Waals surface area (Å²) in [5.41, 5.74) is 0.792. The van der Waals surface area contributed by atoms with Gasteiger partial charge in [0.1, 0.15) is 11.8 Å². The molecule has 6 nitrogen and oxygen atoms in total. The minimum atomic E-state index is -2.10. The summed E-state index contributed by atoms with van der Waals surface area (Å²) in [4.78, 5) is 13.9. The number of imidazole rings is 1. The quantitative estimate of drug-likeness (QED) is 0.478. The van der Waals surface area contributed by atoms with Crippen LogP contribution in [0.2, 0.25) is 0 Å². The molecule has 0 saturated carbocycles. The Morgan fingerprint density at radius 2 is 2.25 bits per heavy atom. The normalized spacial score (nSPS) is 13.4. The van der Waals surface area contributed by atoms with Crippen molar-refractivity contribution in [2.45, 2.75) is 5.03 Å². The van der Waals surface area contributed by atoms with Crippen LogP contribution >= 0.6 is 0 Å². The van der Waals surface area contributed by atoms with E-state index in [4.69, 9.17) is 4.55 Å². The molecule has 1 atom stereocenters. The van der Waals surface area contributed by atoms with Gasteiger partial charge in [-0.05, 0) is 0 Å². The number of fused-ring (bicyclic) bond motifs is 1. The van der Waals surface area contributed by atoms with Gasteiger partial charge >= 0.3 is 0 Å². The van der Waals surface area contributed by atoms with E-state index in [1.807, 2.05) is 0 Å². The highest BCUT2D eigenvalue weighted by Gasteiger charge is 2.09. The van der Waals surface area contributed by atoms with Crippen LogP contribution in [0.15, 0.2) is 17.7 Å². The molecule has 2 aromatic rings. The average Bonchev–Trinajstić information content (AvgIpc) is 2.49. The van der Waals surface area contributed by atoms with Crippen LogP contribution in [-0.2, 0) is 11.1 Å². The third-order valence-electron chi connectivity index (χ3n) is 1.35. The fourth-order valence-corrected chi connectivity index (χ4v) is 1.34.